The Bertz CT molecular complexity index is 412. The molecule has 0 aliphatic carbocycles. The van der Waals surface area contributed by atoms with Crippen molar-refractivity contribution in [2.24, 2.45) is 0 Å². The van der Waals surface area contributed by atoms with E-state index < -0.39 is 12.0 Å². The number of carbonyl (C=O) groups is 2. The molecule has 0 heterocycles. The van der Waals surface area contributed by atoms with Gasteiger partial charge in [-0.15, -0.1) is 0 Å². The molecule has 6 heteroatoms. The molecule has 0 saturated carbocycles. The molecule has 0 bridgehead atoms. The number of benzene rings is 1. The van der Waals surface area contributed by atoms with Gasteiger partial charge >= 0.3 is 12.0 Å². The molecular formula is C13H18N2O3S. The summed E-state index contributed by atoms with van der Waals surface area (Å²) in [6.45, 7) is 0.557. The highest BCUT2D eigenvalue weighted by atomic mass is 32.2. The number of urea groups is 1. The van der Waals surface area contributed by atoms with Gasteiger partial charge in [0.05, 0.1) is 12.5 Å². The van der Waals surface area contributed by atoms with Crippen LogP contribution in [0.4, 0.5) is 4.79 Å². The maximum absolute atomic E-state index is 11.7. The Hall–Kier alpha value is -1.69. The fraction of sp³-hybridized carbons (Fsp3) is 0.385. The zero-order valence-corrected chi connectivity index (χ0v) is 11.6. The maximum Gasteiger partial charge on any atom is 0.315 e. The van der Waals surface area contributed by atoms with E-state index in [1.54, 1.807) is 23.9 Å². The quantitative estimate of drug-likeness (QED) is 0.667. The Labute approximate surface area is 116 Å². The summed E-state index contributed by atoms with van der Waals surface area (Å²) in [5.41, 5.74) is 0.782. The summed E-state index contributed by atoms with van der Waals surface area (Å²) in [5.74, 6) is -0.124. The Kier molecular flexibility index (Phi) is 6.81. The van der Waals surface area contributed by atoms with E-state index in [-0.39, 0.29) is 12.5 Å². The maximum atomic E-state index is 11.7. The van der Waals surface area contributed by atoms with Crippen LogP contribution in [0.3, 0.4) is 0 Å². The predicted octanol–water partition coefficient (Wildman–Crippen LogP) is 1.86. The van der Waals surface area contributed by atoms with Crippen molar-refractivity contribution in [1.82, 2.24) is 10.6 Å². The van der Waals surface area contributed by atoms with Crippen LogP contribution in [0.5, 0.6) is 0 Å². The van der Waals surface area contributed by atoms with Crippen LogP contribution in [0.2, 0.25) is 0 Å². The molecule has 1 unspecified atom stereocenters. The number of amides is 2. The number of aliphatic carboxylic acids is 1. The molecular weight excluding hydrogens is 264 g/mol. The zero-order chi connectivity index (χ0) is 14.1. The second kappa shape index (κ2) is 8.42. The molecule has 19 heavy (non-hydrogen) atoms. The zero-order valence-electron chi connectivity index (χ0n) is 10.8. The minimum Gasteiger partial charge on any atom is -0.481 e. The Morgan fingerprint density at radius 1 is 1.32 bits per heavy atom. The van der Waals surface area contributed by atoms with Gasteiger partial charge < -0.3 is 15.7 Å². The second-order valence-electron chi connectivity index (χ2n) is 3.95. The molecule has 2 amide bonds. The average molecular weight is 282 g/mol. The number of thioether (sulfide) groups is 1. The first kappa shape index (κ1) is 15.4. The smallest absolute Gasteiger partial charge is 0.315 e. The van der Waals surface area contributed by atoms with Gasteiger partial charge in [0.25, 0.3) is 0 Å². The molecule has 104 valence electrons. The molecule has 1 rings (SSSR count). The molecule has 3 N–H and O–H groups in total. The van der Waals surface area contributed by atoms with Crippen LogP contribution in [0.1, 0.15) is 18.0 Å². The van der Waals surface area contributed by atoms with Crippen LogP contribution in [-0.2, 0) is 4.79 Å². The monoisotopic (exact) mass is 282 g/mol. The van der Waals surface area contributed by atoms with Crippen LogP contribution in [0.25, 0.3) is 0 Å². The first-order valence-corrected chi connectivity index (χ1v) is 7.33. The molecule has 0 aliphatic rings. The molecule has 0 saturated heterocycles. The Morgan fingerprint density at radius 3 is 2.58 bits per heavy atom. The van der Waals surface area contributed by atoms with Gasteiger partial charge in [-0.25, -0.2) is 4.79 Å². The van der Waals surface area contributed by atoms with Crippen molar-refractivity contribution in [2.45, 2.75) is 12.5 Å². The second-order valence-corrected chi connectivity index (χ2v) is 4.94. The van der Waals surface area contributed by atoms with E-state index in [1.807, 2.05) is 24.5 Å². The molecule has 0 fully saturated rings. The van der Waals surface area contributed by atoms with Gasteiger partial charge in [-0.05, 0) is 11.8 Å². The molecule has 1 atom stereocenters. The summed E-state index contributed by atoms with van der Waals surface area (Å²) in [6, 6.07) is 8.22. The van der Waals surface area contributed by atoms with E-state index in [0.717, 1.165) is 11.3 Å². The van der Waals surface area contributed by atoms with Crippen LogP contribution in [0.15, 0.2) is 30.3 Å². The third kappa shape index (κ3) is 6.15. The lowest BCUT2D eigenvalue weighted by atomic mass is 10.0. The number of hydrogen-bond acceptors (Lipinski definition) is 3. The van der Waals surface area contributed by atoms with Crippen LogP contribution < -0.4 is 10.6 Å². The van der Waals surface area contributed by atoms with Crippen molar-refractivity contribution < 1.29 is 14.7 Å². The van der Waals surface area contributed by atoms with Gasteiger partial charge in [0, 0.05) is 12.3 Å². The average Bonchev–Trinajstić information content (AvgIpc) is 2.39. The standard InChI is InChI=1S/C13H18N2O3S/c1-19-8-7-14-13(18)15-11(9-12(16)17)10-5-3-2-4-6-10/h2-6,11H,7-9H2,1H3,(H,16,17)(H2,14,15,18). The highest BCUT2D eigenvalue weighted by Gasteiger charge is 2.17. The highest BCUT2D eigenvalue weighted by Crippen LogP contribution is 2.16. The minimum absolute atomic E-state index is 0.139. The molecule has 0 aliphatic heterocycles. The molecule has 5 nitrogen and oxygen atoms in total. The summed E-state index contributed by atoms with van der Waals surface area (Å²) in [7, 11) is 0. The number of rotatable bonds is 7. The molecule has 0 radical (unpaired) electrons. The van der Waals surface area contributed by atoms with E-state index in [1.165, 1.54) is 0 Å². The fourth-order valence-electron chi connectivity index (χ4n) is 1.59. The third-order valence-electron chi connectivity index (χ3n) is 2.48. The molecule has 0 aromatic heterocycles. The van der Waals surface area contributed by atoms with Gasteiger partial charge in [-0.3, -0.25) is 4.79 Å². The number of hydrogen-bond donors (Lipinski definition) is 3. The van der Waals surface area contributed by atoms with E-state index in [0.29, 0.717) is 6.54 Å². The van der Waals surface area contributed by atoms with Crippen molar-refractivity contribution in [3.63, 3.8) is 0 Å². The van der Waals surface area contributed by atoms with Crippen molar-refractivity contribution >= 4 is 23.8 Å². The van der Waals surface area contributed by atoms with Gasteiger partial charge in [0.15, 0.2) is 0 Å². The van der Waals surface area contributed by atoms with Crippen LogP contribution in [-0.4, -0.2) is 35.7 Å². The van der Waals surface area contributed by atoms with Crippen LogP contribution in [0, 0.1) is 0 Å². The van der Waals surface area contributed by atoms with E-state index in [9.17, 15) is 9.59 Å². The summed E-state index contributed by atoms with van der Waals surface area (Å²) >= 11 is 1.63. The summed E-state index contributed by atoms with van der Waals surface area (Å²) in [4.78, 5) is 22.5. The van der Waals surface area contributed by atoms with Gasteiger partial charge in [0.1, 0.15) is 0 Å². The van der Waals surface area contributed by atoms with Gasteiger partial charge in [-0.2, -0.15) is 11.8 Å². The Morgan fingerprint density at radius 2 is 2.00 bits per heavy atom. The summed E-state index contributed by atoms with van der Waals surface area (Å²) in [5, 5.41) is 14.3. The highest BCUT2D eigenvalue weighted by molar-refractivity contribution is 7.98. The van der Waals surface area contributed by atoms with Crippen LogP contribution >= 0.6 is 11.8 Å². The first-order valence-electron chi connectivity index (χ1n) is 5.93. The lowest BCUT2D eigenvalue weighted by Crippen LogP contribution is -2.39. The SMILES string of the molecule is CSCCNC(=O)NC(CC(=O)O)c1ccccc1. The number of nitrogens with one attached hydrogen (secondary N) is 2. The van der Waals surface area contributed by atoms with Crippen molar-refractivity contribution in [3.8, 4) is 0 Å². The van der Waals surface area contributed by atoms with Crippen molar-refractivity contribution in [3.05, 3.63) is 35.9 Å². The van der Waals surface area contributed by atoms with E-state index >= 15 is 0 Å². The molecule has 1 aromatic carbocycles. The van der Waals surface area contributed by atoms with Crippen molar-refractivity contribution in [1.29, 1.82) is 0 Å². The number of carbonyl (C=O) groups excluding carboxylic acids is 1. The number of carboxylic acids is 1. The van der Waals surface area contributed by atoms with Crippen molar-refractivity contribution in [2.75, 3.05) is 18.6 Å². The first-order chi connectivity index (χ1) is 9.13. The van der Waals surface area contributed by atoms with Gasteiger partial charge in [-0.1, -0.05) is 30.3 Å². The number of carboxylic acid groups (broad SMARTS) is 1. The summed E-state index contributed by atoms with van der Waals surface area (Å²) in [6.07, 6.45) is 1.82. The molecule has 0 spiro atoms. The lowest BCUT2D eigenvalue weighted by molar-refractivity contribution is -0.137. The van der Waals surface area contributed by atoms with Gasteiger partial charge in [0.2, 0.25) is 0 Å². The minimum atomic E-state index is -0.946. The lowest BCUT2D eigenvalue weighted by Gasteiger charge is -2.17. The largest absolute Gasteiger partial charge is 0.481 e. The summed E-state index contributed by atoms with van der Waals surface area (Å²) < 4.78 is 0. The third-order valence-corrected chi connectivity index (χ3v) is 3.09. The Balaban J connectivity index is 2.60. The normalized spacial score (nSPS) is 11.6. The van der Waals surface area contributed by atoms with E-state index in [4.69, 9.17) is 5.11 Å². The fourth-order valence-corrected chi connectivity index (χ4v) is 1.89. The topological polar surface area (TPSA) is 78.4 Å². The molecule has 1 aromatic rings. The predicted molar refractivity (Wildman–Crippen MR) is 76.4 cm³/mol. The van der Waals surface area contributed by atoms with E-state index in [2.05, 4.69) is 10.6 Å².